The molecule has 8 nitrogen and oxygen atoms in total. The van der Waals surface area contributed by atoms with Gasteiger partial charge in [-0.25, -0.2) is 9.97 Å². The van der Waals surface area contributed by atoms with Crippen molar-refractivity contribution >= 4 is 33.7 Å². The van der Waals surface area contributed by atoms with E-state index in [4.69, 9.17) is 13.5 Å². The minimum absolute atomic E-state index is 0.117. The van der Waals surface area contributed by atoms with E-state index in [9.17, 15) is 5.11 Å². The molecule has 1 atom stereocenters. The van der Waals surface area contributed by atoms with Crippen LogP contribution in [0.5, 0.6) is 11.5 Å². The lowest BCUT2D eigenvalue weighted by Gasteiger charge is -2.11. The first kappa shape index (κ1) is 21.2. The third-order valence-electron chi connectivity index (χ3n) is 4.18. The van der Waals surface area contributed by atoms with Crippen LogP contribution in [0.4, 0.5) is 11.5 Å². The lowest BCUT2D eigenvalue weighted by atomic mass is 10.0. The number of hydrogen-bond acceptors (Lipinski definition) is 7. The molecule has 1 aromatic heterocycles. The largest absolute Gasteiger partial charge is 0.760 e. The van der Waals surface area contributed by atoms with Crippen LogP contribution in [0.3, 0.4) is 0 Å². The van der Waals surface area contributed by atoms with Crippen molar-refractivity contribution in [2.24, 2.45) is 5.14 Å². The molecule has 0 bridgehead atoms. The number of hydrogen-bond donors (Lipinski definition) is 3. The molecule has 9 heteroatoms. The zero-order valence-electron chi connectivity index (χ0n) is 16.0. The van der Waals surface area contributed by atoms with Crippen molar-refractivity contribution in [1.82, 2.24) is 9.97 Å². The van der Waals surface area contributed by atoms with Crippen LogP contribution in [0.1, 0.15) is 0 Å². The number of aromatic hydroxyl groups is 1. The van der Waals surface area contributed by atoms with Gasteiger partial charge in [0.15, 0.2) is 11.5 Å². The van der Waals surface area contributed by atoms with E-state index in [-0.39, 0.29) is 5.75 Å². The highest BCUT2D eigenvalue weighted by molar-refractivity contribution is 7.76. The minimum Gasteiger partial charge on any atom is -0.760 e. The Morgan fingerprint density at radius 3 is 2.40 bits per heavy atom. The minimum atomic E-state index is -2.36. The van der Waals surface area contributed by atoms with Crippen molar-refractivity contribution in [2.75, 3.05) is 12.4 Å². The summed E-state index contributed by atoms with van der Waals surface area (Å²) in [5, 5.41) is 18.1. The van der Waals surface area contributed by atoms with Crippen LogP contribution < -0.4 is 15.2 Å². The van der Waals surface area contributed by atoms with Crippen molar-refractivity contribution in [2.45, 2.75) is 0 Å². The monoisotopic (exact) mass is 423 g/mol. The molecule has 0 aliphatic rings. The Morgan fingerprint density at radius 2 is 1.70 bits per heavy atom. The Labute approximate surface area is 175 Å². The number of nitrogens with zero attached hydrogens (tertiary/aromatic N) is 2. The predicted molar refractivity (Wildman–Crippen MR) is 116 cm³/mol. The van der Waals surface area contributed by atoms with Gasteiger partial charge in [0, 0.05) is 22.3 Å². The fourth-order valence-electron chi connectivity index (χ4n) is 2.85. The van der Waals surface area contributed by atoms with Gasteiger partial charge in [0.25, 0.3) is 0 Å². The van der Waals surface area contributed by atoms with Gasteiger partial charge in [-0.15, -0.1) is 0 Å². The second kappa shape index (κ2) is 9.79. The van der Waals surface area contributed by atoms with E-state index < -0.39 is 11.3 Å². The molecular formula is C21H19N4O4S-. The number of nitrogens with one attached hydrogen (secondary N) is 1. The zero-order chi connectivity index (χ0) is 21.5. The van der Waals surface area contributed by atoms with Gasteiger partial charge < -0.3 is 19.7 Å². The number of phenols is 1. The topological polar surface area (TPSA) is 133 Å². The first-order valence-corrected chi connectivity index (χ1v) is 9.89. The summed E-state index contributed by atoms with van der Waals surface area (Å²) in [4.78, 5) is 8.75. The van der Waals surface area contributed by atoms with Crippen molar-refractivity contribution < 1.29 is 18.6 Å². The molecule has 0 saturated heterocycles. The highest BCUT2D eigenvalue weighted by atomic mass is 32.2. The molecule has 3 aromatic carbocycles. The average molecular weight is 423 g/mol. The molecule has 0 fully saturated rings. The predicted octanol–water partition coefficient (Wildman–Crippen LogP) is 3.49. The van der Waals surface area contributed by atoms with E-state index >= 15 is 0 Å². The number of fused-ring (bicyclic) bond motifs is 1. The number of para-hydroxylation sites is 1. The second-order valence-electron chi connectivity index (χ2n) is 6.09. The maximum atomic E-state index is 9.81. The molecule has 0 aliphatic carbocycles. The molecule has 0 aliphatic heterocycles. The summed E-state index contributed by atoms with van der Waals surface area (Å²) in [5.41, 5.74) is 3.75. The Bertz CT molecular complexity index is 1170. The first-order chi connectivity index (χ1) is 14.5. The third kappa shape index (κ3) is 5.29. The fourth-order valence-corrected chi connectivity index (χ4v) is 2.85. The third-order valence-corrected chi connectivity index (χ3v) is 4.18. The average Bonchev–Trinajstić information content (AvgIpc) is 2.74. The Balaban J connectivity index is 0.000000589. The maximum absolute atomic E-state index is 9.81. The van der Waals surface area contributed by atoms with Crippen molar-refractivity contribution in [3.05, 3.63) is 73.1 Å². The summed E-state index contributed by atoms with van der Waals surface area (Å²) in [6, 6.07) is 21.2. The Morgan fingerprint density at radius 1 is 1.03 bits per heavy atom. The van der Waals surface area contributed by atoms with Crippen LogP contribution in [-0.4, -0.2) is 30.9 Å². The molecule has 0 radical (unpaired) electrons. The number of benzene rings is 3. The van der Waals surface area contributed by atoms with Crippen LogP contribution in [0.25, 0.3) is 22.0 Å². The van der Waals surface area contributed by atoms with Gasteiger partial charge in [-0.2, -0.15) is 0 Å². The van der Waals surface area contributed by atoms with Gasteiger partial charge >= 0.3 is 0 Å². The lowest BCUT2D eigenvalue weighted by Crippen LogP contribution is -1.97. The molecule has 30 heavy (non-hydrogen) atoms. The van der Waals surface area contributed by atoms with Crippen molar-refractivity contribution in [3.8, 4) is 22.6 Å². The normalized spacial score (nSPS) is 11.3. The number of methoxy groups -OCH3 is 1. The first-order valence-electron chi connectivity index (χ1n) is 8.76. The highest BCUT2D eigenvalue weighted by Crippen LogP contribution is 2.33. The van der Waals surface area contributed by atoms with Crippen molar-refractivity contribution in [3.63, 3.8) is 0 Å². The summed E-state index contributed by atoms with van der Waals surface area (Å²) < 4.78 is 22.8. The van der Waals surface area contributed by atoms with Crippen LogP contribution in [0.2, 0.25) is 0 Å². The summed E-state index contributed by atoms with van der Waals surface area (Å²) in [6.07, 6.45) is 1.55. The maximum Gasteiger partial charge on any atom is 0.161 e. The second-order valence-corrected chi connectivity index (χ2v) is 6.61. The zero-order valence-corrected chi connectivity index (χ0v) is 16.8. The Hall–Kier alpha value is -3.53. The van der Waals surface area contributed by atoms with E-state index in [2.05, 4.69) is 20.4 Å². The van der Waals surface area contributed by atoms with Crippen LogP contribution >= 0.6 is 0 Å². The summed E-state index contributed by atoms with van der Waals surface area (Å²) in [5.74, 6) is 1.30. The van der Waals surface area contributed by atoms with Crippen LogP contribution in [-0.2, 0) is 11.3 Å². The molecule has 4 rings (SSSR count). The van der Waals surface area contributed by atoms with E-state index in [0.717, 1.165) is 33.5 Å². The standard InChI is InChI=1S/C21H17N3O2.H3NO2S/c1-26-20-12-15(8-10-19(20)25)14-7-9-18-17(11-14)21(23-13-22-18)24-16-5-3-2-4-6-16;1-4(2)3/h2-13,25H,1H3,(H,22,23,24);1H2,(H,2,3)/p-1. The number of anilines is 2. The van der Waals surface area contributed by atoms with Crippen LogP contribution in [0.15, 0.2) is 73.1 Å². The quantitative estimate of drug-likeness (QED) is 0.428. The molecule has 0 saturated carbocycles. The van der Waals surface area contributed by atoms with Gasteiger partial charge in [0.1, 0.15) is 12.1 Å². The smallest absolute Gasteiger partial charge is 0.161 e. The molecule has 1 heterocycles. The molecular weight excluding hydrogens is 404 g/mol. The summed E-state index contributed by atoms with van der Waals surface area (Å²) in [6.45, 7) is 0. The molecule has 4 aromatic rings. The number of aromatic nitrogens is 2. The van der Waals surface area contributed by atoms with E-state index in [1.165, 1.54) is 7.11 Å². The van der Waals surface area contributed by atoms with Crippen molar-refractivity contribution in [1.29, 1.82) is 0 Å². The number of nitrogens with two attached hydrogens (primary N) is 1. The lowest BCUT2D eigenvalue weighted by molar-refractivity contribution is 0.373. The molecule has 1 unspecified atom stereocenters. The van der Waals surface area contributed by atoms with Gasteiger partial charge in [-0.05, 0) is 47.5 Å². The van der Waals surface area contributed by atoms with Gasteiger partial charge in [-0.1, -0.05) is 30.3 Å². The SMILES string of the molecule is COc1cc(-c2ccc3ncnc(Nc4ccccc4)c3c2)ccc1O.NS(=O)[O-]. The number of rotatable bonds is 4. The van der Waals surface area contributed by atoms with Gasteiger partial charge in [-0.3, -0.25) is 9.35 Å². The van der Waals surface area contributed by atoms with Gasteiger partial charge in [0.05, 0.1) is 12.6 Å². The van der Waals surface area contributed by atoms with E-state index in [1.807, 2.05) is 60.7 Å². The fraction of sp³-hybridized carbons (Fsp3) is 0.0476. The van der Waals surface area contributed by atoms with Crippen LogP contribution in [0, 0.1) is 0 Å². The summed E-state index contributed by atoms with van der Waals surface area (Å²) >= 11 is -2.36. The molecule has 154 valence electrons. The molecule has 4 N–H and O–H groups in total. The molecule has 0 spiro atoms. The Kier molecular flexibility index (Phi) is 6.91. The number of ether oxygens (including phenoxy) is 1. The van der Waals surface area contributed by atoms with E-state index in [0.29, 0.717) is 5.75 Å². The van der Waals surface area contributed by atoms with Gasteiger partial charge in [0.2, 0.25) is 0 Å². The van der Waals surface area contributed by atoms with E-state index in [1.54, 1.807) is 12.4 Å². The summed E-state index contributed by atoms with van der Waals surface area (Å²) in [7, 11) is 1.54. The highest BCUT2D eigenvalue weighted by Gasteiger charge is 2.09. The molecule has 0 amide bonds. The number of phenolic OH excluding ortho intramolecular Hbond substituents is 1.